The lowest BCUT2D eigenvalue weighted by molar-refractivity contribution is -0.0731. The molecule has 2 saturated heterocycles. The van der Waals surface area contributed by atoms with Crippen molar-refractivity contribution in [3.05, 3.63) is 66.2 Å². The Kier molecular flexibility index (Phi) is 5.39. The van der Waals surface area contributed by atoms with Crippen LogP contribution < -0.4 is 0 Å². The smallest absolute Gasteiger partial charge is 0.253 e. The molecule has 2 heterocycles. The Labute approximate surface area is 188 Å². The summed E-state index contributed by atoms with van der Waals surface area (Å²) in [4.78, 5) is 17.6. The lowest BCUT2D eigenvalue weighted by Gasteiger charge is -2.50. The summed E-state index contributed by atoms with van der Waals surface area (Å²) >= 11 is 0. The second kappa shape index (κ2) is 8.23. The molecule has 2 aliphatic rings. The average molecular weight is 431 g/mol. The summed E-state index contributed by atoms with van der Waals surface area (Å²) in [5.74, 6) is 0.292. The Morgan fingerprint density at radius 1 is 0.969 bits per heavy atom. The number of benzene rings is 3. The van der Waals surface area contributed by atoms with Crippen LogP contribution in [0.4, 0.5) is 0 Å². The number of rotatable bonds is 2. The first-order valence-corrected chi connectivity index (χ1v) is 11.4. The summed E-state index contributed by atoms with van der Waals surface area (Å²) in [7, 11) is 2.10. The molecule has 2 atom stereocenters. The second-order valence-electron chi connectivity index (χ2n) is 9.56. The maximum absolute atomic E-state index is 13.4. The van der Waals surface area contributed by atoms with Gasteiger partial charge in [-0.2, -0.15) is 0 Å². The molecule has 2 aliphatic heterocycles. The molecular formula is C27H30N2O3. The highest BCUT2D eigenvalue weighted by molar-refractivity contribution is 5.99. The summed E-state index contributed by atoms with van der Waals surface area (Å²) in [6.07, 6.45) is 2.33. The third-order valence-corrected chi connectivity index (χ3v) is 7.24. The number of hydrogen-bond donors (Lipinski definition) is 2. The molecule has 3 aromatic rings. The fourth-order valence-corrected chi connectivity index (χ4v) is 5.53. The number of amides is 1. The van der Waals surface area contributed by atoms with E-state index in [0.29, 0.717) is 12.1 Å². The predicted octanol–water partition coefficient (Wildman–Crippen LogP) is 4.13. The Bertz CT molecular complexity index is 1160. The van der Waals surface area contributed by atoms with Crippen LogP contribution in [-0.4, -0.2) is 65.3 Å². The summed E-state index contributed by atoms with van der Waals surface area (Å²) in [6.45, 7) is 3.11. The van der Waals surface area contributed by atoms with Gasteiger partial charge in [-0.25, -0.2) is 0 Å². The van der Waals surface area contributed by atoms with Gasteiger partial charge in [-0.15, -0.1) is 0 Å². The van der Waals surface area contributed by atoms with Gasteiger partial charge in [0.05, 0.1) is 6.10 Å². The topological polar surface area (TPSA) is 64.0 Å². The minimum Gasteiger partial charge on any atom is -0.508 e. The van der Waals surface area contributed by atoms with Crippen molar-refractivity contribution in [1.82, 2.24) is 9.80 Å². The molecule has 0 aromatic heterocycles. The lowest BCUT2D eigenvalue weighted by Crippen LogP contribution is -2.59. The first-order chi connectivity index (χ1) is 15.4. The third-order valence-electron chi connectivity index (χ3n) is 7.24. The fraction of sp³-hybridized carbons (Fsp3) is 0.370. The van der Waals surface area contributed by atoms with Gasteiger partial charge in [-0.05, 0) is 78.5 Å². The molecule has 2 N–H and O–H groups in total. The molecule has 0 radical (unpaired) electrons. The number of nitrogens with zero attached hydrogens (tertiary/aromatic N) is 2. The Hall–Kier alpha value is -2.89. The fourth-order valence-electron chi connectivity index (χ4n) is 5.53. The number of phenolic OH excluding ortho intramolecular Hbond substituents is 1. The SMILES string of the molecule is CN1CC[C@H](O)[C@@]2(CCCN(C(=O)c3ccc4cc(-c5cccc(O)c5)ccc4c3)C2)C1. The lowest BCUT2D eigenvalue weighted by atomic mass is 9.71. The van der Waals surface area contributed by atoms with Gasteiger partial charge in [0, 0.05) is 37.2 Å². The van der Waals surface area contributed by atoms with Crippen molar-refractivity contribution in [1.29, 1.82) is 0 Å². The van der Waals surface area contributed by atoms with Gasteiger partial charge in [0.15, 0.2) is 0 Å². The summed E-state index contributed by atoms with van der Waals surface area (Å²) in [6, 6.07) is 19.2. The highest BCUT2D eigenvalue weighted by Gasteiger charge is 2.45. The minimum atomic E-state index is -0.346. The third kappa shape index (κ3) is 3.87. The number of aromatic hydroxyl groups is 1. The molecule has 5 rings (SSSR count). The van der Waals surface area contributed by atoms with Crippen molar-refractivity contribution < 1.29 is 15.0 Å². The zero-order chi connectivity index (χ0) is 22.3. The van der Waals surface area contributed by atoms with E-state index in [1.54, 1.807) is 12.1 Å². The molecule has 0 bridgehead atoms. The van der Waals surface area contributed by atoms with E-state index in [0.717, 1.165) is 60.8 Å². The van der Waals surface area contributed by atoms with Crippen LogP contribution in [0.25, 0.3) is 21.9 Å². The van der Waals surface area contributed by atoms with Crippen molar-refractivity contribution >= 4 is 16.7 Å². The largest absolute Gasteiger partial charge is 0.508 e. The Morgan fingerprint density at radius 2 is 1.75 bits per heavy atom. The van der Waals surface area contributed by atoms with E-state index in [1.807, 2.05) is 47.4 Å². The Balaban J connectivity index is 1.39. The van der Waals surface area contributed by atoms with E-state index in [4.69, 9.17) is 0 Å². The molecule has 0 aliphatic carbocycles. The predicted molar refractivity (Wildman–Crippen MR) is 127 cm³/mol. The van der Waals surface area contributed by atoms with Gasteiger partial charge < -0.3 is 20.0 Å². The molecule has 2 fully saturated rings. The highest BCUT2D eigenvalue weighted by Crippen LogP contribution is 2.39. The molecule has 1 amide bonds. The van der Waals surface area contributed by atoms with Crippen molar-refractivity contribution in [3.63, 3.8) is 0 Å². The van der Waals surface area contributed by atoms with E-state index in [1.165, 1.54) is 0 Å². The van der Waals surface area contributed by atoms with Crippen LogP contribution in [0.3, 0.4) is 0 Å². The van der Waals surface area contributed by atoms with Gasteiger partial charge in [-0.3, -0.25) is 4.79 Å². The molecular weight excluding hydrogens is 400 g/mol. The maximum atomic E-state index is 13.4. The molecule has 0 unspecified atom stereocenters. The van der Waals surface area contributed by atoms with Crippen molar-refractivity contribution in [2.24, 2.45) is 5.41 Å². The normalized spacial score (nSPS) is 24.2. The van der Waals surface area contributed by atoms with Crippen LogP contribution in [0.1, 0.15) is 29.6 Å². The monoisotopic (exact) mass is 430 g/mol. The number of aliphatic hydroxyl groups excluding tert-OH is 1. The van der Waals surface area contributed by atoms with Crippen molar-refractivity contribution in [2.45, 2.75) is 25.4 Å². The average Bonchev–Trinajstić information content (AvgIpc) is 2.80. The van der Waals surface area contributed by atoms with E-state index >= 15 is 0 Å². The number of fused-ring (bicyclic) bond motifs is 1. The van der Waals surface area contributed by atoms with Crippen LogP contribution in [0.5, 0.6) is 5.75 Å². The molecule has 1 spiro atoms. The number of piperidine rings is 2. The van der Waals surface area contributed by atoms with Gasteiger partial charge in [-0.1, -0.05) is 30.3 Å². The molecule has 3 aromatic carbocycles. The van der Waals surface area contributed by atoms with Gasteiger partial charge in [0.25, 0.3) is 5.91 Å². The summed E-state index contributed by atoms with van der Waals surface area (Å²) in [5.41, 5.74) is 2.47. The van der Waals surface area contributed by atoms with Gasteiger partial charge in [0.2, 0.25) is 0 Å². The molecule has 5 nitrogen and oxygen atoms in total. The van der Waals surface area contributed by atoms with E-state index in [-0.39, 0.29) is 23.2 Å². The zero-order valence-electron chi connectivity index (χ0n) is 18.5. The first-order valence-electron chi connectivity index (χ1n) is 11.4. The highest BCUT2D eigenvalue weighted by atomic mass is 16.3. The van der Waals surface area contributed by atoms with Crippen molar-refractivity contribution in [2.75, 3.05) is 33.2 Å². The maximum Gasteiger partial charge on any atom is 0.253 e. The number of phenols is 1. The van der Waals surface area contributed by atoms with Crippen LogP contribution in [0.15, 0.2) is 60.7 Å². The quantitative estimate of drug-likeness (QED) is 0.642. The number of likely N-dealkylation sites (tertiary alicyclic amines) is 2. The minimum absolute atomic E-state index is 0.0449. The van der Waals surface area contributed by atoms with E-state index in [2.05, 4.69) is 18.0 Å². The van der Waals surface area contributed by atoms with E-state index in [9.17, 15) is 15.0 Å². The van der Waals surface area contributed by atoms with Crippen LogP contribution in [0.2, 0.25) is 0 Å². The molecule has 32 heavy (non-hydrogen) atoms. The number of carbonyl (C=O) groups is 1. The number of hydrogen-bond acceptors (Lipinski definition) is 4. The summed E-state index contributed by atoms with van der Waals surface area (Å²) in [5, 5.41) is 22.6. The first kappa shape index (κ1) is 21.0. The van der Waals surface area contributed by atoms with Crippen LogP contribution in [-0.2, 0) is 0 Å². The Morgan fingerprint density at radius 3 is 2.59 bits per heavy atom. The van der Waals surface area contributed by atoms with Gasteiger partial charge >= 0.3 is 0 Å². The zero-order valence-corrected chi connectivity index (χ0v) is 18.5. The molecule has 0 saturated carbocycles. The van der Waals surface area contributed by atoms with Crippen LogP contribution >= 0.6 is 0 Å². The van der Waals surface area contributed by atoms with Crippen molar-refractivity contribution in [3.8, 4) is 16.9 Å². The number of carbonyl (C=O) groups excluding carboxylic acids is 1. The summed E-state index contributed by atoms with van der Waals surface area (Å²) < 4.78 is 0. The van der Waals surface area contributed by atoms with Gasteiger partial charge in [0.1, 0.15) is 5.75 Å². The molecule has 5 heteroatoms. The van der Waals surface area contributed by atoms with Crippen LogP contribution in [0, 0.1) is 5.41 Å². The standard InChI is InChI=1S/C27H30N2O3/c1-28-13-10-25(31)27(17-28)11-3-12-29(18-27)26(32)23-9-8-21-14-20(6-7-22(21)15-23)19-4-2-5-24(30)16-19/h2,4-9,14-16,25,30-31H,3,10-13,17-18H2,1H3/t25-,27-/m0/s1. The molecule has 166 valence electrons. The second-order valence-corrected chi connectivity index (χ2v) is 9.56. The number of aliphatic hydroxyl groups is 1. The van der Waals surface area contributed by atoms with E-state index < -0.39 is 0 Å².